The normalized spacial score (nSPS) is 19.5. The van der Waals surface area contributed by atoms with Gasteiger partial charge in [0.15, 0.2) is 0 Å². The molecule has 1 aliphatic carbocycles. The van der Waals surface area contributed by atoms with Crippen LogP contribution in [-0.2, 0) is 14.8 Å². The molecule has 7 heteroatoms. The second-order valence-corrected chi connectivity index (χ2v) is 9.52. The molecule has 2 aromatic carbocycles. The molecule has 1 fully saturated rings. The minimum Gasteiger partial charge on any atom is -0.324 e. The van der Waals surface area contributed by atoms with Crippen LogP contribution < -0.4 is 10.0 Å². The van der Waals surface area contributed by atoms with Crippen molar-refractivity contribution in [2.24, 2.45) is 11.8 Å². The third kappa shape index (κ3) is 4.68. The molecule has 6 nitrogen and oxygen atoms in total. The van der Waals surface area contributed by atoms with Crippen LogP contribution in [-0.4, -0.2) is 25.9 Å². The molecule has 0 atom stereocenters. The van der Waals surface area contributed by atoms with Crippen LogP contribution in [0.15, 0.2) is 71.8 Å². The number of nitrogens with zero attached hydrogens (tertiary/aromatic N) is 1. The van der Waals surface area contributed by atoms with E-state index in [0.29, 0.717) is 6.54 Å². The van der Waals surface area contributed by atoms with Gasteiger partial charge in [-0.3, -0.25) is 9.78 Å². The number of pyridine rings is 1. The van der Waals surface area contributed by atoms with Crippen LogP contribution >= 0.6 is 0 Å². The number of nitrogens with one attached hydrogen (secondary N) is 2. The highest BCUT2D eigenvalue weighted by Crippen LogP contribution is 2.30. The highest BCUT2D eigenvalue weighted by atomic mass is 32.2. The van der Waals surface area contributed by atoms with Crippen molar-refractivity contribution in [2.45, 2.75) is 30.6 Å². The lowest BCUT2D eigenvalue weighted by molar-refractivity contribution is -0.121. The van der Waals surface area contributed by atoms with Crippen LogP contribution in [0.3, 0.4) is 0 Å². The quantitative estimate of drug-likeness (QED) is 0.628. The van der Waals surface area contributed by atoms with Gasteiger partial charge in [-0.15, -0.1) is 0 Å². The minimum atomic E-state index is -3.49. The second-order valence-electron chi connectivity index (χ2n) is 7.75. The highest BCUT2D eigenvalue weighted by molar-refractivity contribution is 7.89. The van der Waals surface area contributed by atoms with Gasteiger partial charge in [-0.05, 0) is 55.9 Å². The molecule has 0 aliphatic heterocycles. The average Bonchev–Trinajstić information content (AvgIpc) is 2.79. The van der Waals surface area contributed by atoms with E-state index in [1.54, 1.807) is 36.5 Å². The third-order valence-corrected chi connectivity index (χ3v) is 7.16. The molecule has 0 bridgehead atoms. The molecule has 156 valence electrons. The van der Waals surface area contributed by atoms with Crippen molar-refractivity contribution >= 4 is 32.5 Å². The Morgan fingerprint density at radius 3 is 2.43 bits per heavy atom. The van der Waals surface area contributed by atoms with Gasteiger partial charge in [-0.2, -0.15) is 0 Å². The van der Waals surface area contributed by atoms with Gasteiger partial charge in [0, 0.05) is 24.0 Å². The van der Waals surface area contributed by atoms with Crippen molar-refractivity contribution in [2.75, 3.05) is 11.9 Å². The van der Waals surface area contributed by atoms with Crippen LogP contribution in [0.2, 0.25) is 0 Å². The number of amides is 1. The SMILES string of the molecule is O=C(Nc1cccc2cccnc12)C1CCC(CNS(=O)(=O)c2ccccc2)CC1. The first-order chi connectivity index (χ1) is 14.5. The molecule has 3 aromatic rings. The minimum absolute atomic E-state index is 0.0106. The smallest absolute Gasteiger partial charge is 0.240 e. The Bertz CT molecular complexity index is 1120. The number of carbonyl (C=O) groups is 1. The summed E-state index contributed by atoms with van der Waals surface area (Å²) >= 11 is 0. The maximum Gasteiger partial charge on any atom is 0.240 e. The van der Waals surface area contributed by atoms with Gasteiger partial charge in [0.1, 0.15) is 0 Å². The molecule has 30 heavy (non-hydrogen) atoms. The van der Waals surface area contributed by atoms with Gasteiger partial charge in [-0.1, -0.05) is 36.4 Å². The number of benzene rings is 2. The van der Waals surface area contributed by atoms with Crippen LogP contribution in [0, 0.1) is 11.8 Å². The predicted molar refractivity (Wildman–Crippen MR) is 117 cm³/mol. The first-order valence-electron chi connectivity index (χ1n) is 10.2. The van der Waals surface area contributed by atoms with Crippen LogP contribution in [0.1, 0.15) is 25.7 Å². The number of fused-ring (bicyclic) bond motifs is 1. The molecule has 0 unspecified atom stereocenters. The molecular weight excluding hydrogens is 398 g/mol. The Hall–Kier alpha value is -2.77. The fourth-order valence-corrected chi connectivity index (χ4v) is 5.12. The molecular formula is C23H25N3O3S. The number of rotatable bonds is 6. The summed E-state index contributed by atoms with van der Waals surface area (Å²) in [7, 11) is -3.49. The molecule has 2 N–H and O–H groups in total. The molecule has 1 heterocycles. The first kappa shape index (κ1) is 20.5. The summed E-state index contributed by atoms with van der Waals surface area (Å²) in [6.45, 7) is 0.402. The third-order valence-electron chi connectivity index (χ3n) is 5.72. The molecule has 1 aliphatic rings. The lowest BCUT2D eigenvalue weighted by Gasteiger charge is -2.28. The number of anilines is 1. The van der Waals surface area contributed by atoms with Crippen LogP contribution in [0.4, 0.5) is 5.69 Å². The van der Waals surface area contributed by atoms with Crippen molar-refractivity contribution in [1.29, 1.82) is 0 Å². The van der Waals surface area contributed by atoms with Gasteiger partial charge in [0.2, 0.25) is 15.9 Å². The van der Waals surface area contributed by atoms with Crippen LogP contribution in [0.25, 0.3) is 10.9 Å². The van der Waals surface area contributed by atoms with E-state index in [4.69, 9.17) is 0 Å². The molecule has 0 saturated heterocycles. The summed E-state index contributed by atoms with van der Waals surface area (Å²) in [5, 5.41) is 4.02. The number of aromatic nitrogens is 1. The summed E-state index contributed by atoms with van der Waals surface area (Å²) in [5.41, 5.74) is 1.52. The summed E-state index contributed by atoms with van der Waals surface area (Å²) in [6, 6.07) is 18.0. The zero-order valence-electron chi connectivity index (χ0n) is 16.6. The summed E-state index contributed by atoms with van der Waals surface area (Å²) in [6.07, 6.45) is 4.87. The van der Waals surface area contributed by atoms with Crippen molar-refractivity contribution in [3.8, 4) is 0 Å². The van der Waals surface area contributed by atoms with E-state index in [-0.39, 0.29) is 22.6 Å². The number of hydrogen-bond donors (Lipinski definition) is 2. The van der Waals surface area contributed by atoms with E-state index < -0.39 is 10.0 Å². The Balaban J connectivity index is 1.30. The predicted octanol–water partition coefficient (Wildman–Crippen LogP) is 3.96. The van der Waals surface area contributed by atoms with E-state index in [1.165, 1.54) is 0 Å². The molecule has 1 aromatic heterocycles. The fraction of sp³-hybridized carbons (Fsp3) is 0.304. The highest BCUT2D eigenvalue weighted by Gasteiger charge is 2.27. The van der Waals surface area contributed by atoms with Gasteiger partial charge in [0.05, 0.1) is 16.1 Å². The van der Waals surface area contributed by atoms with Crippen molar-refractivity contribution in [3.05, 3.63) is 66.9 Å². The zero-order valence-corrected chi connectivity index (χ0v) is 17.4. The number of hydrogen-bond acceptors (Lipinski definition) is 4. The Morgan fingerprint density at radius 1 is 0.933 bits per heavy atom. The molecule has 1 amide bonds. The van der Waals surface area contributed by atoms with E-state index in [1.807, 2.05) is 30.3 Å². The van der Waals surface area contributed by atoms with Crippen molar-refractivity contribution < 1.29 is 13.2 Å². The Kier molecular flexibility index (Phi) is 6.11. The summed E-state index contributed by atoms with van der Waals surface area (Å²) in [5.74, 6) is 0.189. The first-order valence-corrected chi connectivity index (χ1v) is 11.7. The molecule has 0 radical (unpaired) electrons. The van der Waals surface area contributed by atoms with Crippen LogP contribution in [0.5, 0.6) is 0 Å². The largest absolute Gasteiger partial charge is 0.324 e. The lowest BCUT2D eigenvalue weighted by atomic mass is 9.81. The van der Waals surface area contributed by atoms with E-state index in [0.717, 1.165) is 42.3 Å². The number of sulfonamides is 1. The van der Waals surface area contributed by atoms with Gasteiger partial charge in [-0.25, -0.2) is 13.1 Å². The Labute approximate surface area is 176 Å². The van der Waals surface area contributed by atoms with Gasteiger partial charge < -0.3 is 5.32 Å². The van der Waals surface area contributed by atoms with Crippen molar-refractivity contribution in [1.82, 2.24) is 9.71 Å². The lowest BCUT2D eigenvalue weighted by Crippen LogP contribution is -2.33. The van der Waals surface area contributed by atoms with Crippen molar-refractivity contribution in [3.63, 3.8) is 0 Å². The number of para-hydroxylation sites is 1. The topological polar surface area (TPSA) is 88.2 Å². The molecule has 0 spiro atoms. The monoisotopic (exact) mass is 423 g/mol. The molecule has 4 rings (SSSR count). The second kappa shape index (κ2) is 8.93. The fourth-order valence-electron chi connectivity index (χ4n) is 3.98. The molecule has 1 saturated carbocycles. The standard InChI is InChI=1S/C23H25N3O3S/c27-23(26-21-10-4-6-18-7-5-15-24-22(18)21)19-13-11-17(12-14-19)16-25-30(28,29)20-8-2-1-3-9-20/h1-10,15,17,19,25H,11-14,16H2,(H,26,27). The van der Waals surface area contributed by atoms with Gasteiger partial charge >= 0.3 is 0 Å². The Morgan fingerprint density at radius 2 is 1.67 bits per heavy atom. The number of carbonyl (C=O) groups excluding carboxylic acids is 1. The van der Waals surface area contributed by atoms with E-state index >= 15 is 0 Å². The average molecular weight is 424 g/mol. The van der Waals surface area contributed by atoms with Gasteiger partial charge in [0.25, 0.3) is 0 Å². The maximum atomic E-state index is 12.8. The van der Waals surface area contributed by atoms with E-state index in [2.05, 4.69) is 15.0 Å². The summed E-state index contributed by atoms with van der Waals surface area (Å²) in [4.78, 5) is 17.4. The summed E-state index contributed by atoms with van der Waals surface area (Å²) < 4.78 is 27.5. The van der Waals surface area contributed by atoms with E-state index in [9.17, 15) is 13.2 Å². The maximum absolute atomic E-state index is 12.8. The zero-order chi connectivity index (χ0) is 21.0.